The molecule has 0 aliphatic carbocycles. The van der Waals surface area contributed by atoms with Crippen LogP contribution in [0.4, 0.5) is 0 Å². The van der Waals surface area contributed by atoms with Crippen molar-refractivity contribution >= 4 is 16.7 Å². The highest BCUT2D eigenvalue weighted by molar-refractivity contribution is 5.99. The Morgan fingerprint density at radius 2 is 1.95 bits per heavy atom. The van der Waals surface area contributed by atoms with Gasteiger partial charge in [0, 0.05) is 10.9 Å². The molecule has 2 aromatic carbocycles. The molecule has 0 aliphatic rings. The summed E-state index contributed by atoms with van der Waals surface area (Å²) >= 11 is 0. The zero-order chi connectivity index (χ0) is 15.4. The van der Waals surface area contributed by atoms with Crippen molar-refractivity contribution in [2.75, 3.05) is 0 Å². The first-order valence-electron chi connectivity index (χ1n) is 6.91. The van der Waals surface area contributed by atoms with Crippen LogP contribution < -0.4 is 0 Å². The Balaban J connectivity index is 1.73. The van der Waals surface area contributed by atoms with Crippen molar-refractivity contribution in [1.29, 1.82) is 5.26 Å². The molecule has 1 heterocycles. The number of rotatable bonds is 4. The zero-order valence-corrected chi connectivity index (χ0v) is 12.1. The lowest BCUT2D eigenvalue weighted by Crippen LogP contribution is -1.96. The minimum absolute atomic E-state index is 0.251. The second kappa shape index (κ2) is 6.15. The van der Waals surface area contributed by atoms with Crippen LogP contribution in [-0.4, -0.2) is 5.71 Å². The Kier molecular flexibility index (Phi) is 3.88. The first kappa shape index (κ1) is 13.9. The summed E-state index contributed by atoms with van der Waals surface area (Å²) in [6.07, 6.45) is 0. The number of furan rings is 1. The van der Waals surface area contributed by atoms with E-state index in [9.17, 15) is 0 Å². The molecule has 0 N–H and O–H groups in total. The van der Waals surface area contributed by atoms with E-state index < -0.39 is 0 Å². The highest BCUT2D eigenvalue weighted by atomic mass is 16.6. The van der Waals surface area contributed by atoms with Gasteiger partial charge in [0.2, 0.25) is 0 Å². The lowest BCUT2D eigenvalue weighted by atomic mass is 10.1. The van der Waals surface area contributed by atoms with E-state index in [1.165, 1.54) is 0 Å². The van der Waals surface area contributed by atoms with Crippen LogP contribution in [-0.2, 0) is 11.4 Å². The molecule has 0 unspecified atom stereocenters. The number of fused-ring (bicyclic) bond motifs is 1. The zero-order valence-electron chi connectivity index (χ0n) is 12.1. The highest BCUT2D eigenvalue weighted by Gasteiger charge is 2.07. The molecule has 3 aromatic rings. The summed E-state index contributed by atoms with van der Waals surface area (Å²) in [4.78, 5) is 5.35. The molecule has 3 rings (SSSR count). The van der Waals surface area contributed by atoms with Gasteiger partial charge in [0.15, 0.2) is 5.76 Å². The molecule has 0 fully saturated rings. The molecule has 0 atom stereocenters. The number of hydrogen-bond acceptors (Lipinski definition) is 4. The van der Waals surface area contributed by atoms with Crippen LogP contribution in [0.25, 0.3) is 11.0 Å². The van der Waals surface area contributed by atoms with E-state index in [1.807, 2.05) is 55.5 Å². The van der Waals surface area contributed by atoms with Crippen molar-refractivity contribution in [1.82, 2.24) is 0 Å². The molecule has 0 radical (unpaired) electrons. The van der Waals surface area contributed by atoms with Crippen molar-refractivity contribution < 1.29 is 9.25 Å². The first-order valence-corrected chi connectivity index (χ1v) is 6.91. The summed E-state index contributed by atoms with van der Waals surface area (Å²) in [5, 5.41) is 14.1. The smallest absolute Gasteiger partial charge is 0.152 e. The van der Waals surface area contributed by atoms with Gasteiger partial charge in [-0.25, -0.2) is 0 Å². The van der Waals surface area contributed by atoms with Crippen molar-refractivity contribution in [3.63, 3.8) is 0 Å². The topological polar surface area (TPSA) is 58.5 Å². The van der Waals surface area contributed by atoms with Gasteiger partial charge in [-0.15, -0.1) is 0 Å². The standard InChI is InChI=1S/C18H14N2O2/c1-13(18-10-14-6-4-5-9-17(14)22-18)20-21-12-16-8-3-2-7-15(16)11-19/h2-10H,12H2,1H3/b20-13+. The van der Waals surface area contributed by atoms with Crippen LogP contribution in [0.2, 0.25) is 0 Å². The molecule has 1 aromatic heterocycles. The van der Waals surface area contributed by atoms with Crippen molar-refractivity contribution in [2.24, 2.45) is 5.16 Å². The summed E-state index contributed by atoms with van der Waals surface area (Å²) in [5.41, 5.74) is 2.89. The van der Waals surface area contributed by atoms with Crippen LogP contribution in [0.1, 0.15) is 23.8 Å². The SMILES string of the molecule is C/C(=N\OCc1ccccc1C#N)c1cc2ccccc2o1. The van der Waals surface area contributed by atoms with Crippen molar-refractivity contribution in [2.45, 2.75) is 13.5 Å². The Hall–Kier alpha value is -3.06. The van der Waals surface area contributed by atoms with Gasteiger partial charge >= 0.3 is 0 Å². The van der Waals surface area contributed by atoms with E-state index in [2.05, 4.69) is 11.2 Å². The molecule has 0 spiro atoms. The van der Waals surface area contributed by atoms with E-state index in [1.54, 1.807) is 6.07 Å². The van der Waals surface area contributed by atoms with Crippen LogP contribution in [0.3, 0.4) is 0 Å². The Morgan fingerprint density at radius 1 is 1.18 bits per heavy atom. The van der Waals surface area contributed by atoms with Crippen LogP contribution in [0, 0.1) is 11.3 Å². The second-order valence-corrected chi connectivity index (χ2v) is 4.87. The van der Waals surface area contributed by atoms with Crippen LogP contribution >= 0.6 is 0 Å². The molecular formula is C18H14N2O2. The predicted molar refractivity (Wildman–Crippen MR) is 84.4 cm³/mol. The molecule has 0 saturated carbocycles. The minimum Gasteiger partial charge on any atom is -0.455 e. The fourth-order valence-electron chi connectivity index (χ4n) is 2.16. The number of oxime groups is 1. The van der Waals surface area contributed by atoms with E-state index in [4.69, 9.17) is 14.5 Å². The maximum Gasteiger partial charge on any atom is 0.152 e. The Bertz CT molecular complexity index is 839. The quantitative estimate of drug-likeness (QED) is 0.533. The van der Waals surface area contributed by atoms with Gasteiger partial charge in [0.1, 0.15) is 17.9 Å². The maximum atomic E-state index is 9.03. The summed E-state index contributed by atoms with van der Waals surface area (Å²) < 4.78 is 5.71. The number of nitriles is 1. The molecule has 108 valence electrons. The molecule has 0 amide bonds. The van der Waals surface area contributed by atoms with Crippen LogP contribution in [0.15, 0.2) is 64.2 Å². The van der Waals surface area contributed by atoms with Crippen LogP contribution in [0.5, 0.6) is 0 Å². The number of benzene rings is 2. The monoisotopic (exact) mass is 290 g/mol. The number of para-hydroxylation sites is 1. The average molecular weight is 290 g/mol. The molecular weight excluding hydrogens is 276 g/mol. The summed E-state index contributed by atoms with van der Waals surface area (Å²) in [6.45, 7) is 2.08. The van der Waals surface area contributed by atoms with E-state index in [0.717, 1.165) is 16.5 Å². The molecule has 0 saturated heterocycles. The second-order valence-electron chi connectivity index (χ2n) is 4.87. The van der Waals surface area contributed by atoms with Crippen molar-refractivity contribution in [3.05, 3.63) is 71.5 Å². The van der Waals surface area contributed by atoms with Gasteiger partial charge < -0.3 is 9.25 Å². The van der Waals surface area contributed by atoms with E-state index in [0.29, 0.717) is 17.0 Å². The van der Waals surface area contributed by atoms with Gasteiger partial charge in [-0.2, -0.15) is 5.26 Å². The molecule has 4 heteroatoms. The summed E-state index contributed by atoms with van der Waals surface area (Å²) in [6, 6.07) is 19.2. The average Bonchev–Trinajstić information content (AvgIpc) is 2.99. The normalized spacial score (nSPS) is 11.4. The van der Waals surface area contributed by atoms with Crippen molar-refractivity contribution in [3.8, 4) is 6.07 Å². The lowest BCUT2D eigenvalue weighted by molar-refractivity contribution is 0.130. The van der Waals surface area contributed by atoms with Gasteiger partial charge in [-0.1, -0.05) is 41.6 Å². The van der Waals surface area contributed by atoms with E-state index >= 15 is 0 Å². The molecule has 0 bridgehead atoms. The molecule has 4 nitrogen and oxygen atoms in total. The number of nitrogens with zero attached hydrogens (tertiary/aromatic N) is 2. The van der Waals surface area contributed by atoms with Gasteiger partial charge in [0.25, 0.3) is 0 Å². The van der Waals surface area contributed by atoms with E-state index in [-0.39, 0.29) is 6.61 Å². The fourth-order valence-corrected chi connectivity index (χ4v) is 2.16. The predicted octanol–water partition coefficient (Wildman–Crippen LogP) is 4.25. The fraction of sp³-hybridized carbons (Fsp3) is 0.111. The van der Waals surface area contributed by atoms with Gasteiger partial charge in [-0.05, 0) is 25.1 Å². The third-order valence-electron chi connectivity index (χ3n) is 3.34. The largest absolute Gasteiger partial charge is 0.455 e. The third kappa shape index (κ3) is 2.84. The maximum absolute atomic E-state index is 9.03. The third-order valence-corrected chi connectivity index (χ3v) is 3.34. The summed E-state index contributed by atoms with van der Waals surface area (Å²) in [5.74, 6) is 0.676. The number of hydrogen-bond donors (Lipinski definition) is 0. The molecule has 22 heavy (non-hydrogen) atoms. The first-order chi connectivity index (χ1) is 10.8. The highest BCUT2D eigenvalue weighted by Crippen LogP contribution is 2.19. The molecule has 0 aliphatic heterocycles. The minimum atomic E-state index is 0.251. The Morgan fingerprint density at radius 3 is 2.77 bits per heavy atom. The lowest BCUT2D eigenvalue weighted by Gasteiger charge is -2.02. The summed E-state index contributed by atoms with van der Waals surface area (Å²) in [7, 11) is 0. The van der Waals surface area contributed by atoms with Gasteiger partial charge in [0.05, 0.1) is 11.6 Å². The van der Waals surface area contributed by atoms with Gasteiger partial charge in [-0.3, -0.25) is 0 Å². The Labute approximate surface area is 128 Å².